The van der Waals surface area contributed by atoms with E-state index in [0.29, 0.717) is 44.0 Å². The van der Waals surface area contributed by atoms with Gasteiger partial charge in [-0.05, 0) is 46.6 Å². The Kier molecular flexibility index (Phi) is 30.1. The van der Waals surface area contributed by atoms with E-state index in [-0.39, 0.29) is 165 Å². The van der Waals surface area contributed by atoms with E-state index in [0.717, 1.165) is 22.6 Å². The van der Waals surface area contributed by atoms with Crippen molar-refractivity contribution >= 4 is 110 Å². The second kappa shape index (κ2) is 27.4. The minimum Gasteiger partial charge on any atom is 0 e. The fourth-order valence-corrected chi connectivity index (χ4v) is 4.69. The van der Waals surface area contributed by atoms with Gasteiger partial charge in [0.1, 0.15) is 0 Å². The molecule has 0 spiro atoms. The van der Waals surface area contributed by atoms with Crippen molar-refractivity contribution < 1.29 is 164 Å². The summed E-state index contributed by atoms with van der Waals surface area (Å²) in [7, 11) is 0. The molecule has 49 heavy (non-hydrogen) atoms. The van der Waals surface area contributed by atoms with Gasteiger partial charge in [-0.3, -0.25) is 19.2 Å². The minimum absolute atomic E-state index is 0. The number of aldehydes is 2. The summed E-state index contributed by atoms with van der Waals surface area (Å²) in [6, 6.07) is 26.5. The van der Waals surface area contributed by atoms with Crippen LogP contribution in [0.3, 0.4) is 0 Å². The average molecular weight is 1430 g/mol. The second-order valence-corrected chi connectivity index (χ2v) is 45.1. The summed E-state index contributed by atoms with van der Waals surface area (Å²) in [4.78, 5) is 47.1. The van der Waals surface area contributed by atoms with Crippen LogP contribution < -0.4 is 11.1 Å². The Morgan fingerprint density at radius 1 is 0.714 bits per heavy atom. The van der Waals surface area contributed by atoms with Crippen molar-refractivity contribution in [3.63, 3.8) is 0 Å². The quantitative estimate of drug-likeness (QED) is 0.102. The molecule has 0 amide bonds. The number of benzene rings is 4. The van der Waals surface area contributed by atoms with Crippen LogP contribution in [0, 0.1) is 19.1 Å². The Balaban J connectivity index is 0. The normalized spacial score (nSPS) is 9.43. The van der Waals surface area contributed by atoms with Crippen molar-refractivity contribution in [2.45, 2.75) is 6.92 Å². The molecule has 2 aromatic heterocycles. The molecule has 0 saturated carbocycles. The van der Waals surface area contributed by atoms with Crippen LogP contribution >= 0.6 is 75.9 Å². The van der Waals surface area contributed by atoms with Gasteiger partial charge in [0.2, 0.25) is 0 Å². The van der Waals surface area contributed by atoms with E-state index in [4.69, 9.17) is 0 Å². The number of nitrogens with zero attached hydrogens (tertiary/aromatic N) is 4. The van der Waals surface area contributed by atoms with E-state index in [1.807, 2.05) is 13.0 Å². The largest absolute Gasteiger partial charge is 0 e. The summed E-state index contributed by atoms with van der Waals surface area (Å²) in [6.07, 6.45) is 4.64. The monoisotopic (exact) mass is 1430 g/mol. The summed E-state index contributed by atoms with van der Waals surface area (Å²) >= 11 is 10.7. The zero-order chi connectivity index (χ0) is 31.8. The Morgan fingerprint density at radius 2 is 1.12 bits per heavy atom. The summed E-state index contributed by atoms with van der Waals surface area (Å²) in [5, 5.41) is 10.8. The molecule has 6 aromatic rings. The summed E-state index contributed by atoms with van der Waals surface area (Å²) in [5.41, 5.74) is 2.12. The van der Waals surface area contributed by atoms with Gasteiger partial charge in [-0.25, -0.2) is 0 Å². The van der Waals surface area contributed by atoms with E-state index in [2.05, 4.69) is 98.2 Å². The molecule has 0 N–H and O–H groups in total. The number of rotatable bonds is 4. The number of carbonyl (C=O) groups is 2. The molecule has 2 heterocycles. The molecule has 0 aliphatic carbocycles. The fraction of sp³-hybridized carbons (Fsp3) is 0.0323. The number of carbonyl (C=O) groups excluding carboxylic acids is 2. The molecule has 0 fully saturated rings. The van der Waals surface area contributed by atoms with Gasteiger partial charge in [-0.1, -0.05) is 29.0 Å². The molecule has 0 saturated heterocycles. The van der Waals surface area contributed by atoms with Crippen LogP contribution in [0.2, 0.25) is 0 Å². The van der Waals surface area contributed by atoms with Crippen LogP contribution in [0.4, 0.5) is 0 Å². The SMILES string of the molecule is Cc1cccc(-n2ncc3c[c-]ccc3c2=O)c1C=O.O=Cc1c(Br)cccc1-n1ncc2c[c-]ccc2c1=O.[I][V]([I])[I].[V].[Y].[Y].[Y].[Y]. The van der Waals surface area contributed by atoms with Crippen LogP contribution in [-0.4, -0.2) is 32.1 Å². The summed E-state index contributed by atoms with van der Waals surface area (Å²) in [5.74, 6) is 0. The smallest absolute Gasteiger partial charge is 0 e. The topological polar surface area (TPSA) is 104 Å². The van der Waals surface area contributed by atoms with Gasteiger partial charge < -0.3 is 0 Å². The molecule has 5 radical (unpaired) electrons. The zero-order valence-corrected chi connectivity index (χ0v) is 47.6. The third-order valence-electron chi connectivity index (χ3n) is 6.29. The van der Waals surface area contributed by atoms with Gasteiger partial charge in [0.15, 0.2) is 12.6 Å². The first-order chi connectivity index (χ1) is 21.2. The molecular formula is C31H19BrI3N4O4V2Y4-2. The van der Waals surface area contributed by atoms with Crippen LogP contribution in [0.15, 0.2) is 99.3 Å². The third kappa shape index (κ3) is 14.6. The van der Waals surface area contributed by atoms with Gasteiger partial charge in [-0.2, -0.15) is 68.1 Å². The van der Waals surface area contributed by atoms with Crippen molar-refractivity contribution in [1.29, 1.82) is 0 Å². The van der Waals surface area contributed by atoms with E-state index in [1.165, 1.54) is 9.36 Å². The molecule has 6 rings (SSSR count). The molecule has 0 aliphatic rings. The van der Waals surface area contributed by atoms with Gasteiger partial charge >= 0.3 is 64.9 Å². The molecule has 0 aliphatic heterocycles. The van der Waals surface area contributed by atoms with Gasteiger partial charge in [0.05, 0.1) is 16.9 Å². The maximum atomic E-state index is 12.5. The van der Waals surface area contributed by atoms with Crippen molar-refractivity contribution in [1.82, 2.24) is 19.6 Å². The van der Waals surface area contributed by atoms with Gasteiger partial charge in [0.25, 0.3) is 11.1 Å². The zero-order valence-electron chi connectivity index (χ0n) is 25.4. The Hall–Kier alpha value is 2.75. The van der Waals surface area contributed by atoms with Crippen LogP contribution in [0.1, 0.15) is 26.3 Å². The van der Waals surface area contributed by atoms with Crippen molar-refractivity contribution in [3.8, 4) is 11.4 Å². The summed E-state index contributed by atoms with van der Waals surface area (Å²) in [6.45, 7) is 1.83. The number of hydrogen-bond donors (Lipinski definition) is 0. The van der Waals surface area contributed by atoms with Gasteiger partial charge in [0, 0.05) is 172 Å². The van der Waals surface area contributed by atoms with Crippen molar-refractivity contribution in [2.24, 2.45) is 0 Å². The fourth-order valence-electron chi connectivity index (χ4n) is 4.24. The van der Waals surface area contributed by atoms with Crippen molar-refractivity contribution in [2.75, 3.05) is 0 Å². The van der Waals surface area contributed by atoms with E-state index in [1.54, 1.807) is 79.1 Å². The molecule has 4 aromatic carbocycles. The number of halogens is 4. The molecular weight excluding hydrogens is 1410 g/mol. The van der Waals surface area contributed by atoms with Crippen LogP contribution in [0.25, 0.3) is 32.9 Å². The minimum atomic E-state index is -0.278. The first kappa shape index (κ1) is 53.9. The number of hydrogen-bond acceptors (Lipinski definition) is 6. The van der Waals surface area contributed by atoms with E-state index in [9.17, 15) is 19.2 Å². The maximum absolute atomic E-state index is 12.5. The Morgan fingerprint density at radius 3 is 1.55 bits per heavy atom. The second-order valence-electron chi connectivity index (χ2n) is 8.86. The van der Waals surface area contributed by atoms with Crippen molar-refractivity contribution in [3.05, 3.63) is 139 Å². The Bertz CT molecular complexity index is 1980. The van der Waals surface area contributed by atoms with Crippen LogP contribution in [0.5, 0.6) is 0 Å². The molecule has 0 unspecified atom stereocenters. The first-order valence-corrected chi connectivity index (χ1v) is 26.8. The van der Waals surface area contributed by atoms with E-state index >= 15 is 0 Å². The molecule has 0 bridgehead atoms. The number of aromatic nitrogens is 4. The Labute approximate surface area is 441 Å². The molecule has 18 heteroatoms. The summed E-state index contributed by atoms with van der Waals surface area (Å²) < 4.78 is 3.12. The molecule has 0 atom stereocenters. The van der Waals surface area contributed by atoms with Gasteiger partial charge in [-0.15, -0.1) is 10.8 Å². The average Bonchev–Trinajstić information content (AvgIpc) is 3.02. The molecule has 239 valence electrons. The number of fused-ring (bicyclic) bond motifs is 2. The first-order valence-electron chi connectivity index (χ1n) is 12.5. The maximum Gasteiger partial charge on any atom is 0 e. The predicted molar refractivity (Wildman–Crippen MR) is 198 cm³/mol. The standard InChI is InChI=1S/C16H11N2O2.C15H8BrN2O2.3HI.2V.4Y/c1-11-5-4-8-15(14(11)10-19)18-16(20)13-7-3-2-6-12(13)9-17-18;16-13-6-3-7-14(12(13)9-19)18-15(20)11-5-2-1-4-10(11)8-17-18;;;;;;;;;/h3-10H,1H3;2-9H;3*1H;;;;;;/q2*-1;;;;;+3;;;;/p-3. The predicted octanol–water partition coefficient (Wildman–Crippen LogP) is 7.71. The third-order valence-corrected chi connectivity index (χ3v) is 6.98. The van der Waals surface area contributed by atoms with E-state index < -0.39 is 0 Å². The van der Waals surface area contributed by atoms with Crippen LogP contribution in [-0.2, 0) is 154 Å². The molecule has 8 nitrogen and oxygen atoms in total. The number of aryl methyl sites for hydroxylation is 1.